The van der Waals surface area contributed by atoms with E-state index in [9.17, 15) is 0 Å². The van der Waals surface area contributed by atoms with Crippen LogP contribution in [0.3, 0.4) is 0 Å². The summed E-state index contributed by atoms with van der Waals surface area (Å²) in [5, 5.41) is 3.26. The molecule has 0 spiro atoms. The highest BCUT2D eigenvalue weighted by Gasteiger charge is 2.13. The van der Waals surface area contributed by atoms with Gasteiger partial charge in [0.1, 0.15) is 0 Å². The van der Waals surface area contributed by atoms with Crippen LogP contribution in [0.5, 0.6) is 0 Å². The van der Waals surface area contributed by atoms with E-state index >= 15 is 0 Å². The molecule has 0 aromatic heterocycles. The summed E-state index contributed by atoms with van der Waals surface area (Å²) in [5.74, 6) is 0. The van der Waals surface area contributed by atoms with Crippen LogP contribution >= 0.6 is 12.4 Å². The van der Waals surface area contributed by atoms with Gasteiger partial charge in [-0.2, -0.15) is 0 Å². The Balaban J connectivity index is 0.00000144. The normalized spacial score (nSPS) is 21.5. The standard InChI is InChI=1S/C9H19NO2.ClH/c1-2-5-11-6-7-12-9-3-4-10-8-9;/h9-10H,2-8H2,1H3;1H. The van der Waals surface area contributed by atoms with Gasteiger partial charge in [-0.1, -0.05) is 6.92 Å². The molecule has 4 heteroatoms. The second-order valence-electron chi connectivity index (χ2n) is 3.10. The van der Waals surface area contributed by atoms with Gasteiger partial charge in [0.15, 0.2) is 0 Å². The van der Waals surface area contributed by atoms with Crippen LogP contribution in [-0.2, 0) is 9.47 Å². The van der Waals surface area contributed by atoms with E-state index in [1.165, 1.54) is 0 Å². The number of hydrogen-bond donors (Lipinski definition) is 1. The molecule has 1 atom stereocenters. The Hall–Kier alpha value is 0.170. The lowest BCUT2D eigenvalue weighted by atomic mass is 10.3. The molecule has 1 unspecified atom stereocenters. The van der Waals surface area contributed by atoms with Crippen LogP contribution in [0, 0.1) is 0 Å². The topological polar surface area (TPSA) is 30.5 Å². The third-order valence-electron chi connectivity index (χ3n) is 1.94. The third kappa shape index (κ3) is 6.27. The molecule has 0 bridgehead atoms. The van der Waals surface area contributed by atoms with Crippen LogP contribution in [0.15, 0.2) is 0 Å². The quantitative estimate of drug-likeness (QED) is 0.668. The molecule has 0 aromatic carbocycles. The van der Waals surface area contributed by atoms with Gasteiger partial charge in [-0.05, 0) is 19.4 Å². The highest BCUT2D eigenvalue weighted by molar-refractivity contribution is 5.85. The smallest absolute Gasteiger partial charge is 0.0712 e. The number of rotatable bonds is 6. The van der Waals surface area contributed by atoms with Crippen molar-refractivity contribution in [1.29, 1.82) is 0 Å². The Morgan fingerprint density at radius 3 is 2.77 bits per heavy atom. The van der Waals surface area contributed by atoms with Gasteiger partial charge in [-0.15, -0.1) is 12.4 Å². The Morgan fingerprint density at radius 2 is 2.15 bits per heavy atom. The fourth-order valence-electron chi connectivity index (χ4n) is 1.29. The zero-order chi connectivity index (χ0) is 8.65. The van der Waals surface area contributed by atoms with E-state index in [2.05, 4.69) is 12.2 Å². The molecular weight excluding hydrogens is 190 g/mol. The predicted octanol–water partition coefficient (Wildman–Crippen LogP) is 1.21. The number of halogens is 1. The van der Waals surface area contributed by atoms with E-state index in [4.69, 9.17) is 9.47 Å². The molecule has 1 saturated heterocycles. The van der Waals surface area contributed by atoms with Gasteiger partial charge in [0.25, 0.3) is 0 Å². The van der Waals surface area contributed by atoms with E-state index in [-0.39, 0.29) is 12.4 Å². The SMILES string of the molecule is CCCOCCOC1CCNC1.Cl. The lowest BCUT2D eigenvalue weighted by molar-refractivity contribution is 0.0133. The largest absolute Gasteiger partial charge is 0.379 e. The number of hydrogen-bond acceptors (Lipinski definition) is 3. The fraction of sp³-hybridized carbons (Fsp3) is 1.00. The minimum atomic E-state index is 0. The van der Waals surface area contributed by atoms with E-state index in [0.29, 0.717) is 6.10 Å². The fourth-order valence-corrected chi connectivity index (χ4v) is 1.29. The molecule has 0 aliphatic carbocycles. The predicted molar refractivity (Wildman–Crippen MR) is 55.6 cm³/mol. The molecule has 0 amide bonds. The van der Waals surface area contributed by atoms with Crippen LogP contribution < -0.4 is 5.32 Å². The summed E-state index contributed by atoms with van der Waals surface area (Å²) in [4.78, 5) is 0. The molecule has 80 valence electrons. The monoisotopic (exact) mass is 209 g/mol. The Labute approximate surface area is 86.6 Å². The summed E-state index contributed by atoms with van der Waals surface area (Å²) >= 11 is 0. The molecule has 1 rings (SSSR count). The Bertz CT molecular complexity index is 108. The maximum Gasteiger partial charge on any atom is 0.0712 e. The molecule has 13 heavy (non-hydrogen) atoms. The summed E-state index contributed by atoms with van der Waals surface area (Å²) in [6, 6.07) is 0. The van der Waals surface area contributed by atoms with Crippen molar-refractivity contribution in [2.45, 2.75) is 25.9 Å². The highest BCUT2D eigenvalue weighted by atomic mass is 35.5. The summed E-state index contributed by atoms with van der Waals surface area (Å²) in [6.45, 7) is 6.55. The molecule has 1 heterocycles. The van der Waals surface area contributed by atoms with Crippen LogP contribution in [0.2, 0.25) is 0 Å². The summed E-state index contributed by atoms with van der Waals surface area (Å²) < 4.78 is 10.9. The van der Waals surface area contributed by atoms with Crippen molar-refractivity contribution in [1.82, 2.24) is 5.32 Å². The van der Waals surface area contributed by atoms with E-state index < -0.39 is 0 Å². The van der Waals surface area contributed by atoms with Crippen LogP contribution in [0.25, 0.3) is 0 Å². The second kappa shape index (κ2) is 8.75. The van der Waals surface area contributed by atoms with Crippen molar-refractivity contribution in [3.63, 3.8) is 0 Å². The van der Waals surface area contributed by atoms with Gasteiger partial charge in [0.05, 0.1) is 19.3 Å². The van der Waals surface area contributed by atoms with Gasteiger partial charge in [-0.3, -0.25) is 0 Å². The molecule has 0 radical (unpaired) electrons. The van der Waals surface area contributed by atoms with Crippen LogP contribution in [0.1, 0.15) is 19.8 Å². The van der Waals surface area contributed by atoms with Crippen molar-refractivity contribution in [2.75, 3.05) is 32.9 Å². The minimum Gasteiger partial charge on any atom is -0.379 e. The van der Waals surface area contributed by atoms with Crippen molar-refractivity contribution in [3.8, 4) is 0 Å². The molecule has 0 aromatic rings. The van der Waals surface area contributed by atoms with Gasteiger partial charge >= 0.3 is 0 Å². The Kier molecular flexibility index (Phi) is 8.87. The minimum absolute atomic E-state index is 0. The molecular formula is C9H20ClNO2. The maximum atomic E-state index is 5.56. The zero-order valence-corrected chi connectivity index (χ0v) is 9.07. The average Bonchev–Trinajstić information content (AvgIpc) is 2.57. The molecule has 1 fully saturated rings. The van der Waals surface area contributed by atoms with E-state index in [1.807, 2.05) is 0 Å². The van der Waals surface area contributed by atoms with Crippen molar-refractivity contribution < 1.29 is 9.47 Å². The molecule has 1 aliphatic heterocycles. The second-order valence-corrected chi connectivity index (χ2v) is 3.10. The third-order valence-corrected chi connectivity index (χ3v) is 1.94. The number of ether oxygens (including phenoxy) is 2. The maximum absolute atomic E-state index is 5.56. The molecule has 3 nitrogen and oxygen atoms in total. The summed E-state index contributed by atoms with van der Waals surface area (Å²) in [5.41, 5.74) is 0. The first kappa shape index (κ1) is 13.2. The van der Waals surface area contributed by atoms with Crippen molar-refractivity contribution in [2.24, 2.45) is 0 Å². The first-order valence-electron chi connectivity index (χ1n) is 4.83. The van der Waals surface area contributed by atoms with E-state index in [1.54, 1.807) is 0 Å². The van der Waals surface area contributed by atoms with Gasteiger partial charge in [0.2, 0.25) is 0 Å². The van der Waals surface area contributed by atoms with Gasteiger partial charge in [-0.25, -0.2) is 0 Å². The summed E-state index contributed by atoms with van der Waals surface area (Å²) in [7, 11) is 0. The lowest BCUT2D eigenvalue weighted by Gasteiger charge is -2.09. The number of nitrogens with one attached hydrogen (secondary N) is 1. The highest BCUT2D eigenvalue weighted by Crippen LogP contribution is 2.02. The van der Waals surface area contributed by atoms with Crippen molar-refractivity contribution >= 4 is 12.4 Å². The van der Waals surface area contributed by atoms with Crippen LogP contribution in [0.4, 0.5) is 0 Å². The first-order chi connectivity index (χ1) is 5.93. The molecule has 1 aliphatic rings. The molecule has 1 N–H and O–H groups in total. The van der Waals surface area contributed by atoms with E-state index in [0.717, 1.165) is 45.8 Å². The summed E-state index contributed by atoms with van der Waals surface area (Å²) in [6.07, 6.45) is 2.66. The van der Waals surface area contributed by atoms with Crippen molar-refractivity contribution in [3.05, 3.63) is 0 Å². The Morgan fingerprint density at radius 1 is 1.31 bits per heavy atom. The molecule has 0 saturated carbocycles. The van der Waals surface area contributed by atoms with Gasteiger partial charge < -0.3 is 14.8 Å². The zero-order valence-electron chi connectivity index (χ0n) is 8.25. The lowest BCUT2D eigenvalue weighted by Crippen LogP contribution is -2.19. The average molecular weight is 210 g/mol. The first-order valence-corrected chi connectivity index (χ1v) is 4.83. The van der Waals surface area contributed by atoms with Gasteiger partial charge in [0, 0.05) is 13.2 Å². The van der Waals surface area contributed by atoms with Crippen LogP contribution in [-0.4, -0.2) is 39.0 Å².